The first-order valence-electron chi connectivity index (χ1n) is 6.35. The fourth-order valence-electron chi connectivity index (χ4n) is 1.51. The molecule has 0 bridgehead atoms. The van der Waals surface area contributed by atoms with Crippen molar-refractivity contribution < 1.29 is 9.53 Å². The molecule has 0 aromatic heterocycles. The molecule has 0 unspecified atom stereocenters. The van der Waals surface area contributed by atoms with Gasteiger partial charge in [0.1, 0.15) is 5.60 Å². The number of hydrogen-bond donors (Lipinski definition) is 0. The van der Waals surface area contributed by atoms with Gasteiger partial charge < -0.3 is 9.64 Å². The van der Waals surface area contributed by atoms with Crippen LogP contribution in [0, 0.1) is 17.8 Å². The minimum absolute atomic E-state index is 0.0934. The first-order chi connectivity index (χ1) is 7.93. The van der Waals surface area contributed by atoms with Crippen LogP contribution in [0.4, 0.5) is 0 Å². The molecule has 1 aliphatic rings. The van der Waals surface area contributed by atoms with Crippen molar-refractivity contribution in [2.24, 2.45) is 5.92 Å². The topological polar surface area (TPSA) is 29.5 Å². The fraction of sp³-hybridized carbons (Fsp3) is 0.786. The van der Waals surface area contributed by atoms with Gasteiger partial charge in [-0.05, 0) is 6.92 Å². The Labute approximate surface area is 106 Å². The number of carbonyl (C=O) groups is 1. The van der Waals surface area contributed by atoms with Gasteiger partial charge in [0.05, 0.1) is 13.2 Å². The van der Waals surface area contributed by atoms with Crippen molar-refractivity contribution in [3.8, 4) is 11.8 Å². The summed E-state index contributed by atoms with van der Waals surface area (Å²) in [6, 6.07) is 0. The molecule has 1 fully saturated rings. The monoisotopic (exact) mass is 239 g/mol. The van der Waals surface area contributed by atoms with E-state index >= 15 is 0 Å². The highest BCUT2D eigenvalue weighted by molar-refractivity contribution is 5.73. The molecule has 3 nitrogen and oxygen atoms in total. The standard InChI is InChI=1S/C12H19NO2.C2H6/c1-10(2)5-6-12(4)9-13(11(3)14)7-8-15-12;1-2/h10H,7-9H2,1-4H3;1-2H3/t12-;/m1./s1. The van der Waals surface area contributed by atoms with E-state index in [4.69, 9.17) is 4.74 Å². The minimum atomic E-state index is -0.492. The van der Waals surface area contributed by atoms with Gasteiger partial charge in [-0.25, -0.2) is 0 Å². The van der Waals surface area contributed by atoms with E-state index in [1.807, 2.05) is 34.6 Å². The molecule has 1 heterocycles. The van der Waals surface area contributed by atoms with E-state index in [1.165, 1.54) is 0 Å². The zero-order chi connectivity index (χ0) is 13.5. The number of amides is 1. The van der Waals surface area contributed by atoms with Gasteiger partial charge in [0, 0.05) is 19.4 Å². The van der Waals surface area contributed by atoms with Gasteiger partial charge in [0.25, 0.3) is 0 Å². The summed E-state index contributed by atoms with van der Waals surface area (Å²) in [5, 5.41) is 0. The van der Waals surface area contributed by atoms with Crippen LogP contribution < -0.4 is 0 Å². The van der Waals surface area contributed by atoms with Crippen LogP contribution in [0.1, 0.15) is 41.5 Å². The van der Waals surface area contributed by atoms with Crippen LogP contribution in [0.25, 0.3) is 0 Å². The second-order valence-electron chi connectivity index (χ2n) is 4.44. The van der Waals surface area contributed by atoms with Crippen LogP contribution in [0.2, 0.25) is 0 Å². The molecule has 0 aliphatic carbocycles. The molecular weight excluding hydrogens is 214 g/mol. The highest BCUT2D eigenvalue weighted by Gasteiger charge is 2.31. The Morgan fingerprint density at radius 1 is 1.41 bits per heavy atom. The molecule has 0 N–H and O–H groups in total. The first kappa shape index (κ1) is 16.0. The van der Waals surface area contributed by atoms with E-state index in [1.54, 1.807) is 11.8 Å². The lowest BCUT2D eigenvalue weighted by molar-refractivity contribution is -0.139. The average Bonchev–Trinajstić information content (AvgIpc) is 2.29. The lowest BCUT2D eigenvalue weighted by atomic mass is 10.0. The highest BCUT2D eigenvalue weighted by atomic mass is 16.5. The third-order valence-electron chi connectivity index (χ3n) is 2.35. The summed E-state index contributed by atoms with van der Waals surface area (Å²) < 4.78 is 5.63. The second kappa shape index (κ2) is 7.34. The Morgan fingerprint density at radius 2 is 2.00 bits per heavy atom. The van der Waals surface area contributed by atoms with E-state index in [0.717, 1.165) is 0 Å². The minimum Gasteiger partial charge on any atom is -0.359 e. The predicted molar refractivity (Wildman–Crippen MR) is 70.6 cm³/mol. The van der Waals surface area contributed by atoms with Crippen molar-refractivity contribution in [2.75, 3.05) is 19.7 Å². The van der Waals surface area contributed by atoms with Crippen molar-refractivity contribution in [1.82, 2.24) is 4.90 Å². The lowest BCUT2D eigenvalue weighted by Crippen LogP contribution is -2.50. The SMILES string of the molecule is CC.CC(=O)N1CCO[C@](C)(C#CC(C)C)C1. The molecule has 98 valence electrons. The molecule has 0 aromatic rings. The number of nitrogens with zero attached hydrogens (tertiary/aromatic N) is 1. The van der Waals surface area contributed by atoms with E-state index < -0.39 is 5.60 Å². The molecule has 1 atom stereocenters. The summed E-state index contributed by atoms with van der Waals surface area (Å²) >= 11 is 0. The highest BCUT2D eigenvalue weighted by Crippen LogP contribution is 2.16. The molecule has 0 aromatic carbocycles. The first-order valence-corrected chi connectivity index (χ1v) is 6.35. The molecule has 0 radical (unpaired) electrons. The molecule has 1 amide bonds. The van der Waals surface area contributed by atoms with Gasteiger partial charge in [-0.15, -0.1) is 0 Å². The largest absolute Gasteiger partial charge is 0.359 e. The molecule has 1 aliphatic heterocycles. The van der Waals surface area contributed by atoms with Gasteiger partial charge in [-0.3, -0.25) is 4.79 Å². The molecule has 0 spiro atoms. The Balaban J connectivity index is 0.00000121. The zero-order valence-corrected chi connectivity index (χ0v) is 12.0. The number of carbonyl (C=O) groups excluding carboxylic acids is 1. The zero-order valence-electron chi connectivity index (χ0n) is 12.0. The van der Waals surface area contributed by atoms with Crippen LogP contribution in [0.15, 0.2) is 0 Å². The predicted octanol–water partition coefficient (Wildman–Crippen LogP) is 2.31. The van der Waals surface area contributed by atoms with Crippen molar-refractivity contribution in [3.05, 3.63) is 0 Å². The van der Waals surface area contributed by atoms with Crippen LogP contribution in [0.3, 0.4) is 0 Å². The number of morpholine rings is 1. The number of ether oxygens (including phenoxy) is 1. The summed E-state index contributed by atoms with van der Waals surface area (Å²) in [6.45, 7) is 13.4. The van der Waals surface area contributed by atoms with Gasteiger partial charge in [-0.2, -0.15) is 0 Å². The summed E-state index contributed by atoms with van der Waals surface area (Å²) in [6.07, 6.45) is 0. The van der Waals surface area contributed by atoms with Gasteiger partial charge in [-0.1, -0.05) is 39.5 Å². The molecule has 0 saturated carbocycles. The number of hydrogen-bond acceptors (Lipinski definition) is 2. The maximum Gasteiger partial charge on any atom is 0.219 e. The maximum atomic E-state index is 11.2. The third-order valence-corrected chi connectivity index (χ3v) is 2.35. The molecule has 1 saturated heterocycles. The molecule has 3 heteroatoms. The maximum absolute atomic E-state index is 11.2. The van der Waals surface area contributed by atoms with Crippen LogP contribution in [-0.2, 0) is 9.53 Å². The normalized spacial score (nSPS) is 23.4. The van der Waals surface area contributed by atoms with Crippen LogP contribution in [-0.4, -0.2) is 36.1 Å². The van der Waals surface area contributed by atoms with Crippen molar-refractivity contribution >= 4 is 5.91 Å². The number of rotatable bonds is 0. The smallest absolute Gasteiger partial charge is 0.219 e. The van der Waals surface area contributed by atoms with Gasteiger partial charge in [0.15, 0.2) is 0 Å². The van der Waals surface area contributed by atoms with Crippen molar-refractivity contribution in [3.63, 3.8) is 0 Å². The summed E-state index contributed by atoms with van der Waals surface area (Å²) in [7, 11) is 0. The Bertz CT molecular complexity index is 301. The molecule has 1 rings (SSSR count). The van der Waals surface area contributed by atoms with Gasteiger partial charge >= 0.3 is 0 Å². The Hall–Kier alpha value is -1.01. The van der Waals surface area contributed by atoms with Crippen molar-refractivity contribution in [1.29, 1.82) is 0 Å². The summed E-state index contributed by atoms with van der Waals surface area (Å²) in [4.78, 5) is 13.0. The van der Waals surface area contributed by atoms with E-state index in [2.05, 4.69) is 11.8 Å². The third kappa shape index (κ3) is 5.74. The van der Waals surface area contributed by atoms with E-state index in [9.17, 15) is 4.79 Å². The van der Waals surface area contributed by atoms with E-state index in [-0.39, 0.29) is 5.91 Å². The quantitative estimate of drug-likeness (QED) is 0.607. The average molecular weight is 239 g/mol. The summed E-state index contributed by atoms with van der Waals surface area (Å²) in [5.74, 6) is 6.64. The molecular formula is C14H25NO2. The molecule has 17 heavy (non-hydrogen) atoms. The van der Waals surface area contributed by atoms with Crippen molar-refractivity contribution in [2.45, 2.75) is 47.1 Å². The summed E-state index contributed by atoms with van der Waals surface area (Å²) in [5.41, 5.74) is -0.492. The van der Waals surface area contributed by atoms with Crippen LogP contribution >= 0.6 is 0 Å². The van der Waals surface area contributed by atoms with E-state index in [0.29, 0.717) is 25.6 Å². The lowest BCUT2D eigenvalue weighted by Gasteiger charge is -2.36. The Kier molecular flexibility index (Phi) is 6.91. The second-order valence-corrected chi connectivity index (χ2v) is 4.44. The Morgan fingerprint density at radius 3 is 2.47 bits per heavy atom. The fourth-order valence-corrected chi connectivity index (χ4v) is 1.51. The van der Waals surface area contributed by atoms with Gasteiger partial charge in [0.2, 0.25) is 5.91 Å². The van der Waals surface area contributed by atoms with Crippen LogP contribution in [0.5, 0.6) is 0 Å².